The molecule has 52 heavy (non-hydrogen) atoms. The maximum absolute atomic E-state index is 13.3. The first-order chi connectivity index (χ1) is 24.1. The molecule has 2 saturated heterocycles. The van der Waals surface area contributed by atoms with Gasteiger partial charge in [-0.2, -0.15) is 4.31 Å². The number of nitrogens with zero attached hydrogens (tertiary/aromatic N) is 5. The lowest BCUT2D eigenvalue weighted by Crippen LogP contribution is -2.38. The Hall–Kier alpha value is -2.23. The zero-order valence-corrected chi connectivity index (χ0v) is 30.2. The molecule has 0 amide bonds. The molecule has 0 spiro atoms. The summed E-state index contributed by atoms with van der Waals surface area (Å²) in [7, 11) is -15.5. The summed E-state index contributed by atoms with van der Waals surface area (Å²) < 4.78 is 78.5. The van der Waals surface area contributed by atoms with Gasteiger partial charge in [0.1, 0.15) is 48.5 Å². The van der Waals surface area contributed by atoms with Crippen LogP contribution in [0, 0.1) is 0 Å². The van der Waals surface area contributed by atoms with Gasteiger partial charge in [-0.05, 0) is 11.8 Å². The number of aromatic amines is 1. The van der Waals surface area contributed by atoms with E-state index in [9.17, 15) is 48.2 Å². The van der Waals surface area contributed by atoms with Gasteiger partial charge < -0.3 is 59.1 Å². The fraction of sp³-hybridized carbons (Fsp3) is 0.550. The number of aromatic nitrogens is 6. The predicted molar refractivity (Wildman–Crippen MR) is 169 cm³/mol. The maximum Gasteiger partial charge on any atom is 0.488 e. The van der Waals surface area contributed by atoms with E-state index < -0.39 is 104 Å². The van der Waals surface area contributed by atoms with Crippen LogP contribution in [0.3, 0.4) is 0 Å². The summed E-state index contributed by atoms with van der Waals surface area (Å²) in [5, 5.41) is 21.0. The molecule has 3 aromatic rings. The van der Waals surface area contributed by atoms with Gasteiger partial charge in [0.25, 0.3) is 5.56 Å². The summed E-state index contributed by atoms with van der Waals surface area (Å²) in [6, 6.07) is 0.945. The third-order valence-electron chi connectivity index (χ3n) is 7.16. The van der Waals surface area contributed by atoms with Crippen molar-refractivity contribution in [2.75, 3.05) is 26.1 Å². The summed E-state index contributed by atoms with van der Waals surface area (Å²) in [5.41, 5.74) is 4.30. The molecule has 32 heteroatoms. The van der Waals surface area contributed by atoms with Crippen molar-refractivity contribution in [2.45, 2.75) is 49.1 Å². The Morgan fingerprint density at radius 1 is 0.904 bits per heavy atom. The molecule has 0 radical (unpaired) electrons. The number of aliphatic hydroxyl groups is 2. The van der Waals surface area contributed by atoms with Gasteiger partial charge in [0, 0.05) is 19.4 Å². The number of rotatable bonds is 15. The van der Waals surface area contributed by atoms with Gasteiger partial charge in [0.2, 0.25) is 0 Å². The number of fused-ring (bicyclic) bond motifs is 1. The normalized spacial score (nSPS) is 30.2. The first kappa shape index (κ1) is 40.9. The summed E-state index contributed by atoms with van der Waals surface area (Å²) in [6.45, 7) is -6.84. The first-order valence-electron chi connectivity index (χ1n) is 14.0. The maximum atomic E-state index is 13.3. The average Bonchev–Trinajstić information content (AvgIpc) is 3.67. The van der Waals surface area contributed by atoms with E-state index in [4.69, 9.17) is 43.3 Å². The van der Waals surface area contributed by atoms with Crippen molar-refractivity contribution in [3.05, 3.63) is 45.8 Å². The van der Waals surface area contributed by atoms with Crippen LogP contribution in [0.4, 0.5) is 5.82 Å². The molecule has 0 aromatic carbocycles. The van der Waals surface area contributed by atoms with Crippen LogP contribution in [0.15, 0.2) is 34.5 Å². The van der Waals surface area contributed by atoms with Crippen LogP contribution >= 0.6 is 30.2 Å². The van der Waals surface area contributed by atoms with Gasteiger partial charge in [0.05, 0.1) is 19.5 Å². The smallest absolute Gasteiger partial charge is 0.387 e. The van der Waals surface area contributed by atoms with E-state index in [0.717, 1.165) is 30.3 Å². The van der Waals surface area contributed by atoms with Crippen LogP contribution in [-0.4, -0.2) is 121 Å². The second-order valence-electron chi connectivity index (χ2n) is 10.6. The number of ether oxygens (including phenoxy) is 3. The zero-order chi connectivity index (χ0) is 38.4. The molecule has 3 aromatic heterocycles. The Morgan fingerprint density at radius 3 is 2.23 bits per heavy atom. The van der Waals surface area contributed by atoms with Crippen LogP contribution < -0.4 is 17.0 Å². The molecule has 0 saturated carbocycles. The molecule has 27 nitrogen and oxygen atoms in total. The number of imidazole rings is 1. The van der Waals surface area contributed by atoms with Gasteiger partial charge in [-0.1, -0.05) is 0 Å². The van der Waals surface area contributed by atoms with Crippen LogP contribution in [0.2, 0.25) is 0 Å². The third-order valence-corrected chi connectivity index (χ3v) is 12.9. The number of anilines is 1. The lowest BCUT2D eigenvalue weighted by atomic mass is 10.1. The summed E-state index contributed by atoms with van der Waals surface area (Å²) in [6.07, 6.45) is -9.51. The van der Waals surface area contributed by atoms with Crippen LogP contribution in [0.1, 0.15) is 12.5 Å². The minimum atomic E-state index is -5.72. The standard InChI is InChI=1S/C20H29N7O20P4S/c1-40-15-14(45-49(35,36)41-4-8-12(29)13(30)18(43-8)26-3-2-10(28)25-20(26)31)9(5-42-51(39,52)47-50(37,38)46-48(32,33)34)44-19(15)27-7-24-11-16(21)22-6-23-17(11)27/h2-3,6-9,12-15,18-19,29-30H,4-5H2,1H3,(H,35,36)(H,37,38)(H,39,52)(H2,21,22,23)(H,25,28,31)(H2,32,33,34)/t8-,9-,12-,13-,14-,15-,18-,19-,51?/m1/s1. The van der Waals surface area contributed by atoms with E-state index in [1.807, 2.05) is 4.98 Å². The predicted octanol–water partition coefficient (Wildman–Crippen LogP) is -2.55. The molecule has 0 bridgehead atoms. The summed E-state index contributed by atoms with van der Waals surface area (Å²) in [4.78, 5) is 85.9. The molecular formula is C20H29N7O20P4S. The van der Waals surface area contributed by atoms with Gasteiger partial charge in [-0.25, -0.2) is 37.8 Å². The largest absolute Gasteiger partial charge is 0.488 e. The van der Waals surface area contributed by atoms with E-state index in [1.165, 1.54) is 10.9 Å². The number of methoxy groups -OCH3 is 1. The van der Waals surface area contributed by atoms with Crippen molar-refractivity contribution < 1.29 is 84.8 Å². The van der Waals surface area contributed by atoms with Crippen molar-refractivity contribution in [3.8, 4) is 0 Å². The van der Waals surface area contributed by atoms with E-state index in [0.29, 0.717) is 0 Å². The molecule has 2 fully saturated rings. The van der Waals surface area contributed by atoms with Crippen molar-refractivity contribution in [1.82, 2.24) is 29.1 Å². The molecular weight excluding hydrogens is 814 g/mol. The van der Waals surface area contributed by atoms with Crippen LogP contribution in [0.25, 0.3) is 11.2 Å². The average molecular weight is 843 g/mol. The van der Waals surface area contributed by atoms with Gasteiger partial charge in [0.15, 0.2) is 23.9 Å². The third kappa shape index (κ3) is 9.52. The molecule has 5 heterocycles. The lowest BCUT2D eigenvalue weighted by Gasteiger charge is -2.26. The van der Waals surface area contributed by atoms with E-state index in [2.05, 4.69) is 35.4 Å². The van der Waals surface area contributed by atoms with E-state index in [-0.39, 0.29) is 17.0 Å². The van der Waals surface area contributed by atoms with Gasteiger partial charge >= 0.3 is 35.9 Å². The van der Waals surface area contributed by atoms with Gasteiger partial charge in [-0.15, -0.1) is 0 Å². The molecule has 2 aliphatic rings. The van der Waals surface area contributed by atoms with Crippen LogP contribution in [-0.2, 0) is 61.9 Å². The molecule has 2 aliphatic heterocycles. The second kappa shape index (κ2) is 15.5. The highest BCUT2D eigenvalue weighted by molar-refractivity contribution is 8.08. The van der Waals surface area contributed by atoms with Crippen LogP contribution in [0.5, 0.6) is 0 Å². The van der Waals surface area contributed by atoms with Crippen molar-refractivity contribution >= 4 is 59.0 Å². The number of nitrogen functional groups attached to an aromatic ring is 1. The fourth-order valence-electron chi connectivity index (χ4n) is 5.05. The van der Waals surface area contributed by atoms with Crippen molar-refractivity contribution in [1.29, 1.82) is 0 Å². The Morgan fingerprint density at radius 2 is 1.58 bits per heavy atom. The topological polar surface area (TPSA) is 391 Å². The summed E-state index contributed by atoms with van der Waals surface area (Å²) in [5.74, 6) is -0.0326. The van der Waals surface area contributed by atoms with E-state index >= 15 is 0 Å². The Kier molecular flexibility index (Phi) is 12.2. The minimum absolute atomic E-state index is 0.0326. The number of phosphoric ester groups is 1. The Labute approximate surface area is 293 Å². The number of hydrogen-bond donors (Lipinski definition) is 9. The second-order valence-corrected chi connectivity index (χ2v) is 17.8. The molecule has 290 valence electrons. The Balaban J connectivity index is 1.36. The molecule has 5 rings (SSSR count). The highest BCUT2D eigenvalue weighted by atomic mass is 32.5. The molecule has 0 aliphatic carbocycles. The number of aliphatic hydroxyl groups excluding tert-OH is 2. The number of nitrogens with one attached hydrogen (secondary N) is 1. The minimum Gasteiger partial charge on any atom is -0.387 e. The quantitative estimate of drug-likeness (QED) is 0.0711. The van der Waals surface area contributed by atoms with Gasteiger partial charge in [-0.3, -0.25) is 28.0 Å². The van der Waals surface area contributed by atoms with Crippen molar-refractivity contribution in [2.24, 2.45) is 0 Å². The number of H-pyrrole nitrogens is 1. The molecule has 11 atom stereocenters. The lowest BCUT2D eigenvalue weighted by molar-refractivity contribution is -0.0609. The van der Waals surface area contributed by atoms with Crippen molar-refractivity contribution in [3.63, 3.8) is 0 Å². The number of phosphoric acid groups is 3. The highest BCUT2D eigenvalue weighted by Crippen LogP contribution is 2.66. The fourth-order valence-corrected chi connectivity index (χ4v) is 9.98. The highest BCUT2D eigenvalue weighted by Gasteiger charge is 2.52. The first-order valence-corrected chi connectivity index (χ1v) is 21.1. The molecule has 3 unspecified atom stereocenters. The summed E-state index contributed by atoms with van der Waals surface area (Å²) >= 11 is 4.65. The van der Waals surface area contributed by atoms with E-state index in [1.54, 1.807) is 0 Å². The number of nitrogens with two attached hydrogens (primary N) is 1. The Bertz CT molecular complexity index is 2100. The monoisotopic (exact) mass is 843 g/mol. The number of hydrogen-bond acceptors (Lipinski definition) is 20. The molecule has 10 N–H and O–H groups in total. The SMILES string of the molecule is CO[C@@H]1[C@H](OP(=O)(O)OC[C@H]2O[C@@H](n3ccc(=O)[nH]c3=O)[C@H](O)[C@@H]2O)[C@@H](COP(O)(=S)OP(=O)(O)OP(=O)(O)O)O[C@H]1n1cnc2c(N)ncnc21. The zero-order valence-electron chi connectivity index (χ0n) is 25.8.